The van der Waals surface area contributed by atoms with Gasteiger partial charge < -0.3 is 18.7 Å². The van der Waals surface area contributed by atoms with Crippen molar-refractivity contribution in [2.45, 2.75) is 6.92 Å². The molecule has 0 aromatic carbocycles. The Morgan fingerprint density at radius 3 is 2.33 bits per heavy atom. The first kappa shape index (κ1) is 8.83. The van der Waals surface area contributed by atoms with Gasteiger partial charge in [0.1, 0.15) is 0 Å². The fourth-order valence-corrected chi connectivity index (χ4v) is 0.784. The van der Waals surface area contributed by atoms with Crippen molar-refractivity contribution < 1.29 is 12.9 Å². The standard InChI is InChI=1S/C5H6BF3N3/c1-3-2-4(6(7,8)9)12-5(10)11-3/h2H,1H3,(H2,10,11,12)/q-1. The molecular weight excluding hydrogens is 170 g/mol. The topological polar surface area (TPSA) is 51.8 Å². The van der Waals surface area contributed by atoms with E-state index in [0.717, 1.165) is 6.07 Å². The second kappa shape index (κ2) is 2.65. The van der Waals surface area contributed by atoms with Crippen molar-refractivity contribution in [3.05, 3.63) is 11.8 Å². The van der Waals surface area contributed by atoms with E-state index in [1.54, 1.807) is 0 Å². The van der Waals surface area contributed by atoms with Crippen molar-refractivity contribution in [3.8, 4) is 0 Å². The Balaban J connectivity index is 3.18. The van der Waals surface area contributed by atoms with Gasteiger partial charge in [-0.3, -0.25) is 4.98 Å². The molecule has 0 unspecified atom stereocenters. The molecule has 0 atom stereocenters. The number of anilines is 1. The second-order valence-corrected chi connectivity index (χ2v) is 2.37. The molecule has 0 spiro atoms. The SMILES string of the molecule is Cc1cc([B-](F)(F)F)nc(N)n1. The highest BCUT2D eigenvalue weighted by Crippen LogP contribution is 2.08. The third-order valence-corrected chi connectivity index (χ3v) is 1.23. The molecule has 1 heterocycles. The third-order valence-electron chi connectivity index (χ3n) is 1.23. The lowest BCUT2D eigenvalue weighted by Gasteiger charge is -2.13. The van der Waals surface area contributed by atoms with Gasteiger partial charge in [0.25, 0.3) is 0 Å². The quantitative estimate of drug-likeness (QED) is 0.630. The van der Waals surface area contributed by atoms with Crippen LogP contribution in [0, 0.1) is 6.92 Å². The molecule has 1 aromatic rings. The molecule has 0 radical (unpaired) electrons. The molecule has 12 heavy (non-hydrogen) atoms. The summed E-state index contributed by atoms with van der Waals surface area (Å²) in [5, 5.41) is 0. The number of nitrogens with zero attached hydrogens (tertiary/aromatic N) is 2. The maximum atomic E-state index is 12.1. The highest BCUT2D eigenvalue weighted by molar-refractivity contribution is 6.72. The summed E-state index contributed by atoms with van der Waals surface area (Å²) in [6.07, 6.45) is 0. The molecule has 0 aliphatic heterocycles. The normalized spacial score (nSPS) is 11.7. The van der Waals surface area contributed by atoms with Crippen LogP contribution in [-0.2, 0) is 0 Å². The summed E-state index contributed by atoms with van der Waals surface area (Å²) in [5.41, 5.74) is 4.32. The lowest BCUT2D eigenvalue weighted by atomic mass is 9.85. The molecule has 1 aromatic heterocycles. The van der Waals surface area contributed by atoms with Gasteiger partial charge in [-0.2, -0.15) is 0 Å². The molecule has 0 aliphatic rings. The molecule has 0 aliphatic carbocycles. The van der Waals surface area contributed by atoms with Crippen LogP contribution in [0.3, 0.4) is 0 Å². The van der Waals surface area contributed by atoms with E-state index in [1.165, 1.54) is 6.92 Å². The minimum atomic E-state index is -5.07. The monoisotopic (exact) mass is 176 g/mol. The smallest absolute Gasteiger partial charge is 0.444 e. The highest BCUT2D eigenvalue weighted by Gasteiger charge is 2.28. The summed E-state index contributed by atoms with van der Waals surface area (Å²) in [5.74, 6) is -0.343. The molecule has 0 fully saturated rings. The Morgan fingerprint density at radius 2 is 1.92 bits per heavy atom. The van der Waals surface area contributed by atoms with E-state index in [1.807, 2.05) is 0 Å². The van der Waals surface area contributed by atoms with E-state index in [9.17, 15) is 12.9 Å². The van der Waals surface area contributed by atoms with E-state index >= 15 is 0 Å². The van der Waals surface area contributed by atoms with Crippen molar-refractivity contribution in [1.29, 1.82) is 0 Å². The van der Waals surface area contributed by atoms with Crippen LogP contribution in [0.15, 0.2) is 6.07 Å². The summed E-state index contributed by atoms with van der Waals surface area (Å²) in [7, 11) is 0. The third kappa shape index (κ3) is 1.87. The fraction of sp³-hybridized carbons (Fsp3) is 0.200. The average Bonchev–Trinajstić information content (AvgIpc) is 1.82. The minimum Gasteiger partial charge on any atom is -0.444 e. The zero-order valence-corrected chi connectivity index (χ0v) is 6.26. The number of rotatable bonds is 1. The van der Waals surface area contributed by atoms with Crippen LogP contribution in [0.2, 0.25) is 0 Å². The number of aryl methyl sites for hydroxylation is 1. The molecule has 2 N–H and O–H groups in total. The van der Waals surface area contributed by atoms with Gasteiger partial charge >= 0.3 is 6.98 Å². The van der Waals surface area contributed by atoms with Crippen molar-refractivity contribution in [3.63, 3.8) is 0 Å². The zero-order valence-electron chi connectivity index (χ0n) is 6.26. The number of aromatic nitrogens is 2. The number of hydrogen-bond acceptors (Lipinski definition) is 3. The summed E-state index contributed by atoms with van der Waals surface area (Å²) in [6.45, 7) is -3.64. The van der Waals surface area contributed by atoms with Gasteiger partial charge in [0, 0.05) is 5.69 Å². The van der Waals surface area contributed by atoms with Crippen molar-refractivity contribution in [1.82, 2.24) is 9.97 Å². The van der Waals surface area contributed by atoms with Gasteiger partial charge in [0.05, 0.1) is 0 Å². The summed E-state index contributed by atoms with van der Waals surface area (Å²) >= 11 is 0. The maximum Gasteiger partial charge on any atom is 0.527 e. The lowest BCUT2D eigenvalue weighted by Crippen LogP contribution is -2.37. The Morgan fingerprint density at radius 1 is 1.33 bits per heavy atom. The van der Waals surface area contributed by atoms with Crippen molar-refractivity contribution in [2.24, 2.45) is 0 Å². The van der Waals surface area contributed by atoms with Crippen LogP contribution in [0.25, 0.3) is 0 Å². The van der Waals surface area contributed by atoms with E-state index in [-0.39, 0.29) is 11.6 Å². The number of nitrogen functional groups attached to an aromatic ring is 1. The second-order valence-electron chi connectivity index (χ2n) is 2.37. The van der Waals surface area contributed by atoms with Crippen LogP contribution in [0.5, 0.6) is 0 Å². The van der Waals surface area contributed by atoms with E-state index < -0.39 is 12.6 Å². The number of halogens is 3. The van der Waals surface area contributed by atoms with E-state index in [4.69, 9.17) is 5.73 Å². The molecule has 0 amide bonds. The van der Waals surface area contributed by atoms with E-state index in [0.29, 0.717) is 0 Å². The largest absolute Gasteiger partial charge is 0.527 e. The van der Waals surface area contributed by atoms with Crippen LogP contribution < -0.4 is 11.3 Å². The fourth-order valence-electron chi connectivity index (χ4n) is 0.784. The molecule has 66 valence electrons. The van der Waals surface area contributed by atoms with Gasteiger partial charge in [-0.1, -0.05) is 0 Å². The van der Waals surface area contributed by atoms with Crippen molar-refractivity contribution in [2.75, 3.05) is 5.73 Å². The summed E-state index contributed by atoms with van der Waals surface area (Å²) in [4.78, 5) is 6.60. The maximum absolute atomic E-state index is 12.1. The van der Waals surface area contributed by atoms with E-state index in [2.05, 4.69) is 9.97 Å². The number of nitrogens with two attached hydrogens (primary N) is 1. The molecule has 0 saturated heterocycles. The Kier molecular flexibility index (Phi) is 1.95. The first-order valence-corrected chi connectivity index (χ1v) is 3.20. The average molecular weight is 176 g/mol. The molecule has 0 saturated carbocycles. The zero-order chi connectivity index (χ0) is 9.35. The molecule has 0 bridgehead atoms. The van der Waals surface area contributed by atoms with Gasteiger partial charge in [-0.05, 0) is 18.6 Å². The number of hydrogen-bond donors (Lipinski definition) is 1. The molecular formula is C5H6BF3N3-. The predicted molar refractivity (Wildman–Crippen MR) is 39.9 cm³/mol. The highest BCUT2D eigenvalue weighted by atomic mass is 19.4. The predicted octanol–water partition coefficient (Wildman–Crippen LogP) is 0.422. The minimum absolute atomic E-state index is 0.219. The Bertz CT molecular complexity index is 278. The Hall–Kier alpha value is -1.27. The molecule has 3 nitrogen and oxygen atoms in total. The van der Waals surface area contributed by atoms with Gasteiger partial charge in [0.15, 0.2) is 0 Å². The van der Waals surface area contributed by atoms with Crippen LogP contribution in [-0.4, -0.2) is 16.9 Å². The van der Waals surface area contributed by atoms with Gasteiger partial charge in [-0.25, -0.2) is 4.98 Å². The Labute approximate surface area is 66.9 Å². The van der Waals surface area contributed by atoms with Gasteiger partial charge in [0.2, 0.25) is 5.95 Å². The van der Waals surface area contributed by atoms with Crippen molar-refractivity contribution >= 4 is 18.5 Å². The summed E-state index contributed by atoms with van der Waals surface area (Å²) in [6, 6.07) is 0.871. The van der Waals surface area contributed by atoms with Crippen LogP contribution in [0.1, 0.15) is 5.69 Å². The van der Waals surface area contributed by atoms with Crippen LogP contribution in [0.4, 0.5) is 18.9 Å². The van der Waals surface area contributed by atoms with Gasteiger partial charge in [-0.15, -0.1) is 0 Å². The lowest BCUT2D eigenvalue weighted by molar-refractivity contribution is 0.498. The van der Waals surface area contributed by atoms with Crippen LogP contribution >= 0.6 is 0 Å². The first-order chi connectivity index (χ1) is 5.39. The first-order valence-electron chi connectivity index (χ1n) is 3.20. The molecule has 1 rings (SSSR count). The summed E-state index contributed by atoms with van der Waals surface area (Å²) < 4.78 is 36.2. The molecule has 7 heteroatoms.